The van der Waals surface area contributed by atoms with Crippen molar-refractivity contribution in [1.29, 1.82) is 0 Å². The maximum absolute atomic E-state index is 4.94. The first-order valence-corrected chi connectivity index (χ1v) is 10.6. The molecule has 27 heavy (non-hydrogen) atoms. The van der Waals surface area contributed by atoms with Crippen molar-refractivity contribution in [1.82, 2.24) is 9.97 Å². The topological polar surface area (TPSA) is 25.8 Å². The standard InChI is InChI=1S/C23H16N2S2/c1-2-8-16(9-3-1)15-26-19-12-6-5-11-18(19)23-24-14-21-22(25-23)17-10-4-7-13-20(17)27-21/h1-14H,15H2. The second-order valence-corrected chi connectivity index (χ2v) is 8.38. The lowest BCUT2D eigenvalue weighted by Gasteiger charge is -2.08. The summed E-state index contributed by atoms with van der Waals surface area (Å²) in [5.41, 5.74) is 3.46. The van der Waals surface area contributed by atoms with E-state index in [0.29, 0.717) is 0 Å². The highest BCUT2D eigenvalue weighted by molar-refractivity contribution is 7.98. The SMILES string of the molecule is c1ccc(CSc2ccccc2-c2ncc3sc4ccccc4c3n2)cc1. The maximum atomic E-state index is 4.94. The molecular formula is C23H16N2S2. The third-order valence-corrected chi connectivity index (χ3v) is 6.72. The Labute approximate surface area is 165 Å². The number of thioether (sulfide) groups is 1. The van der Waals surface area contributed by atoms with Gasteiger partial charge in [-0.1, -0.05) is 66.7 Å². The molecule has 0 atom stereocenters. The van der Waals surface area contributed by atoms with E-state index in [1.807, 2.05) is 18.0 Å². The molecule has 2 nitrogen and oxygen atoms in total. The Morgan fingerprint density at radius 3 is 2.48 bits per heavy atom. The summed E-state index contributed by atoms with van der Waals surface area (Å²) in [6.45, 7) is 0. The molecule has 3 aromatic carbocycles. The van der Waals surface area contributed by atoms with E-state index in [9.17, 15) is 0 Å². The van der Waals surface area contributed by atoms with Gasteiger partial charge in [0.2, 0.25) is 0 Å². The fraction of sp³-hybridized carbons (Fsp3) is 0.0435. The van der Waals surface area contributed by atoms with Crippen LogP contribution < -0.4 is 0 Å². The van der Waals surface area contributed by atoms with Crippen molar-refractivity contribution in [2.75, 3.05) is 0 Å². The lowest BCUT2D eigenvalue weighted by Crippen LogP contribution is -1.91. The lowest BCUT2D eigenvalue weighted by atomic mass is 10.2. The Bertz CT molecular complexity index is 1230. The minimum absolute atomic E-state index is 0.794. The van der Waals surface area contributed by atoms with Gasteiger partial charge in [-0.15, -0.1) is 23.1 Å². The predicted molar refractivity (Wildman–Crippen MR) is 116 cm³/mol. The molecule has 2 heterocycles. The molecule has 0 aliphatic heterocycles. The summed E-state index contributed by atoms with van der Waals surface area (Å²) < 4.78 is 2.39. The Morgan fingerprint density at radius 1 is 0.778 bits per heavy atom. The molecule has 0 saturated carbocycles. The van der Waals surface area contributed by atoms with Gasteiger partial charge in [0.25, 0.3) is 0 Å². The van der Waals surface area contributed by atoms with Gasteiger partial charge in [-0.25, -0.2) is 9.97 Å². The number of hydrogen-bond donors (Lipinski definition) is 0. The van der Waals surface area contributed by atoms with Crippen LogP contribution in [0.4, 0.5) is 0 Å². The van der Waals surface area contributed by atoms with Crippen LogP contribution in [0, 0.1) is 0 Å². The molecule has 0 N–H and O–H groups in total. The number of nitrogens with zero attached hydrogens (tertiary/aromatic N) is 2. The smallest absolute Gasteiger partial charge is 0.160 e. The van der Waals surface area contributed by atoms with Gasteiger partial charge in [0.05, 0.1) is 10.2 Å². The van der Waals surface area contributed by atoms with Crippen LogP contribution in [0.2, 0.25) is 0 Å². The van der Waals surface area contributed by atoms with E-state index in [1.54, 1.807) is 11.3 Å². The molecule has 130 valence electrons. The number of thiophene rings is 1. The fourth-order valence-corrected chi connectivity index (χ4v) is 5.17. The first-order chi connectivity index (χ1) is 13.4. The van der Waals surface area contributed by atoms with Gasteiger partial charge in [-0.2, -0.15) is 0 Å². The van der Waals surface area contributed by atoms with E-state index >= 15 is 0 Å². The summed E-state index contributed by atoms with van der Waals surface area (Å²) >= 11 is 3.58. The van der Waals surface area contributed by atoms with Crippen LogP contribution >= 0.6 is 23.1 Å². The molecule has 0 spiro atoms. The van der Waals surface area contributed by atoms with E-state index in [-0.39, 0.29) is 0 Å². The van der Waals surface area contributed by atoms with E-state index in [2.05, 4.69) is 83.8 Å². The van der Waals surface area contributed by atoms with Gasteiger partial charge in [0.15, 0.2) is 5.82 Å². The Morgan fingerprint density at radius 2 is 1.56 bits per heavy atom. The van der Waals surface area contributed by atoms with Crippen LogP contribution in [0.5, 0.6) is 0 Å². The van der Waals surface area contributed by atoms with Gasteiger partial charge < -0.3 is 0 Å². The average Bonchev–Trinajstić information content (AvgIpc) is 3.11. The van der Waals surface area contributed by atoms with Gasteiger partial charge >= 0.3 is 0 Å². The summed E-state index contributed by atoms with van der Waals surface area (Å²) in [5, 5.41) is 1.20. The zero-order valence-electron chi connectivity index (χ0n) is 14.5. The lowest BCUT2D eigenvalue weighted by molar-refractivity contribution is 1.21. The van der Waals surface area contributed by atoms with Crippen molar-refractivity contribution in [3.63, 3.8) is 0 Å². The van der Waals surface area contributed by atoms with Crippen molar-refractivity contribution in [2.45, 2.75) is 10.6 Å². The number of fused-ring (bicyclic) bond motifs is 3. The van der Waals surface area contributed by atoms with Crippen LogP contribution in [0.15, 0.2) is 90.0 Å². The first kappa shape index (κ1) is 16.5. The van der Waals surface area contributed by atoms with E-state index in [0.717, 1.165) is 27.4 Å². The summed E-state index contributed by atoms with van der Waals surface area (Å²) in [4.78, 5) is 10.8. The molecule has 0 aliphatic carbocycles. The zero-order chi connectivity index (χ0) is 18.1. The maximum Gasteiger partial charge on any atom is 0.160 e. The molecule has 5 rings (SSSR count). The van der Waals surface area contributed by atoms with Crippen LogP contribution in [0.25, 0.3) is 31.7 Å². The number of rotatable bonds is 4. The second-order valence-electron chi connectivity index (χ2n) is 6.28. The van der Waals surface area contributed by atoms with Gasteiger partial charge in [0.1, 0.15) is 0 Å². The van der Waals surface area contributed by atoms with Crippen molar-refractivity contribution in [2.24, 2.45) is 0 Å². The Kier molecular flexibility index (Phi) is 4.36. The highest BCUT2D eigenvalue weighted by atomic mass is 32.2. The molecule has 0 bridgehead atoms. The summed E-state index contributed by atoms with van der Waals surface area (Å²) in [6.07, 6.45) is 1.96. The molecule has 0 amide bonds. The summed E-state index contributed by atoms with van der Waals surface area (Å²) in [5.74, 6) is 1.73. The van der Waals surface area contributed by atoms with Gasteiger partial charge in [0, 0.05) is 32.5 Å². The molecule has 4 heteroatoms. The Balaban J connectivity index is 1.55. The summed E-state index contributed by atoms with van der Waals surface area (Å²) in [6, 6.07) is 27.4. The van der Waals surface area contributed by atoms with Crippen molar-refractivity contribution < 1.29 is 0 Å². The largest absolute Gasteiger partial charge is 0.235 e. The van der Waals surface area contributed by atoms with Crippen LogP contribution in [0.3, 0.4) is 0 Å². The quantitative estimate of drug-likeness (QED) is 0.319. The van der Waals surface area contributed by atoms with Crippen molar-refractivity contribution in [3.05, 3.63) is 90.6 Å². The van der Waals surface area contributed by atoms with Crippen molar-refractivity contribution >= 4 is 43.4 Å². The predicted octanol–water partition coefficient (Wildman–Crippen LogP) is 6.80. The normalized spacial score (nSPS) is 11.3. The molecular weight excluding hydrogens is 368 g/mol. The van der Waals surface area contributed by atoms with Crippen molar-refractivity contribution in [3.8, 4) is 11.4 Å². The highest BCUT2D eigenvalue weighted by Gasteiger charge is 2.12. The van der Waals surface area contributed by atoms with E-state index in [4.69, 9.17) is 4.98 Å². The molecule has 2 aromatic heterocycles. The molecule has 0 unspecified atom stereocenters. The highest BCUT2D eigenvalue weighted by Crippen LogP contribution is 2.35. The number of aromatic nitrogens is 2. The number of benzene rings is 3. The molecule has 5 aromatic rings. The number of hydrogen-bond acceptors (Lipinski definition) is 4. The minimum Gasteiger partial charge on any atom is -0.235 e. The van der Waals surface area contributed by atoms with Gasteiger partial charge in [-0.3, -0.25) is 0 Å². The van der Waals surface area contributed by atoms with E-state index in [1.165, 1.54) is 20.5 Å². The molecule has 0 saturated heterocycles. The van der Waals surface area contributed by atoms with Crippen LogP contribution in [0.1, 0.15) is 5.56 Å². The third kappa shape index (κ3) is 3.22. The fourth-order valence-electron chi connectivity index (χ4n) is 3.15. The monoisotopic (exact) mass is 384 g/mol. The Hall–Kier alpha value is -2.69. The summed E-state index contributed by atoms with van der Waals surface area (Å²) in [7, 11) is 0. The molecule has 0 radical (unpaired) electrons. The van der Waals surface area contributed by atoms with Gasteiger partial charge in [-0.05, 0) is 17.7 Å². The molecule has 0 fully saturated rings. The van der Waals surface area contributed by atoms with Crippen LogP contribution in [-0.4, -0.2) is 9.97 Å². The minimum atomic E-state index is 0.794. The van der Waals surface area contributed by atoms with E-state index < -0.39 is 0 Å². The van der Waals surface area contributed by atoms with Crippen LogP contribution in [-0.2, 0) is 5.75 Å². The second kappa shape index (κ2) is 7.14. The third-order valence-electron chi connectivity index (χ3n) is 4.48. The average molecular weight is 385 g/mol. The zero-order valence-corrected chi connectivity index (χ0v) is 16.1. The first-order valence-electron chi connectivity index (χ1n) is 8.79. The molecule has 0 aliphatic rings.